The summed E-state index contributed by atoms with van der Waals surface area (Å²) >= 11 is 5.77. The lowest BCUT2D eigenvalue weighted by molar-refractivity contribution is -0.136. The van der Waals surface area contributed by atoms with E-state index in [0.29, 0.717) is 37.0 Å². The van der Waals surface area contributed by atoms with E-state index in [2.05, 4.69) is 10.6 Å². The fourth-order valence-electron chi connectivity index (χ4n) is 2.02. The summed E-state index contributed by atoms with van der Waals surface area (Å²) in [6.07, 6.45) is 0. The molecule has 0 spiro atoms. The fourth-order valence-corrected chi connectivity index (χ4v) is 2.14. The van der Waals surface area contributed by atoms with Gasteiger partial charge in [-0.15, -0.1) is 0 Å². The van der Waals surface area contributed by atoms with Gasteiger partial charge in [0.1, 0.15) is 6.04 Å². The van der Waals surface area contributed by atoms with E-state index in [4.69, 9.17) is 16.3 Å². The van der Waals surface area contributed by atoms with Gasteiger partial charge in [-0.1, -0.05) is 11.6 Å². The van der Waals surface area contributed by atoms with Gasteiger partial charge in [-0.3, -0.25) is 4.79 Å². The number of hydrogen-bond donors (Lipinski definition) is 2. The Hall–Kier alpha value is -1.79. The Labute approximate surface area is 128 Å². The third kappa shape index (κ3) is 4.61. The third-order valence-electron chi connectivity index (χ3n) is 3.14. The van der Waals surface area contributed by atoms with Gasteiger partial charge < -0.3 is 20.3 Å². The van der Waals surface area contributed by atoms with Crippen LogP contribution in [0.1, 0.15) is 6.92 Å². The lowest BCUT2D eigenvalue weighted by atomic mass is 10.2. The highest BCUT2D eigenvalue weighted by molar-refractivity contribution is 6.30. The van der Waals surface area contributed by atoms with Crippen molar-refractivity contribution in [2.45, 2.75) is 13.0 Å². The monoisotopic (exact) mass is 311 g/mol. The van der Waals surface area contributed by atoms with Gasteiger partial charge in [0, 0.05) is 23.8 Å². The highest BCUT2D eigenvalue weighted by atomic mass is 35.5. The van der Waals surface area contributed by atoms with E-state index < -0.39 is 12.1 Å². The molecule has 3 amide bonds. The number of halogens is 1. The summed E-state index contributed by atoms with van der Waals surface area (Å²) in [6, 6.07) is 5.73. The van der Waals surface area contributed by atoms with Gasteiger partial charge in [-0.25, -0.2) is 4.79 Å². The average Bonchev–Trinajstić information content (AvgIpc) is 2.49. The van der Waals surface area contributed by atoms with Crippen LogP contribution in [0.3, 0.4) is 0 Å². The van der Waals surface area contributed by atoms with Crippen molar-refractivity contribution in [1.29, 1.82) is 0 Å². The van der Waals surface area contributed by atoms with Crippen LogP contribution >= 0.6 is 11.6 Å². The van der Waals surface area contributed by atoms with E-state index >= 15 is 0 Å². The standard InChI is InChI=1S/C14H18ClN3O3/c1-10(13(19)18-6-8-21-9-7-18)16-14(20)17-12-4-2-11(15)3-5-12/h2-5,10H,6-9H2,1H3,(H2,16,17,20)/t10-/m0/s1. The molecule has 1 aromatic carbocycles. The van der Waals surface area contributed by atoms with Crippen LogP contribution in [0.5, 0.6) is 0 Å². The molecule has 1 fully saturated rings. The minimum Gasteiger partial charge on any atom is -0.378 e. The molecule has 0 aliphatic carbocycles. The zero-order valence-electron chi connectivity index (χ0n) is 11.8. The van der Waals surface area contributed by atoms with E-state index in [9.17, 15) is 9.59 Å². The normalized spacial score (nSPS) is 16.2. The molecule has 2 N–H and O–H groups in total. The van der Waals surface area contributed by atoms with Crippen LogP contribution < -0.4 is 10.6 Å². The zero-order chi connectivity index (χ0) is 15.2. The molecule has 0 saturated carbocycles. The minimum absolute atomic E-state index is 0.107. The number of hydrogen-bond acceptors (Lipinski definition) is 3. The largest absolute Gasteiger partial charge is 0.378 e. The molecule has 2 rings (SSSR count). The smallest absolute Gasteiger partial charge is 0.319 e. The van der Waals surface area contributed by atoms with Crippen molar-refractivity contribution in [1.82, 2.24) is 10.2 Å². The van der Waals surface area contributed by atoms with Gasteiger partial charge in [-0.05, 0) is 31.2 Å². The molecule has 0 bridgehead atoms. The van der Waals surface area contributed by atoms with Gasteiger partial charge in [0.05, 0.1) is 13.2 Å². The zero-order valence-corrected chi connectivity index (χ0v) is 12.5. The summed E-state index contributed by atoms with van der Waals surface area (Å²) in [5.41, 5.74) is 0.614. The van der Waals surface area contributed by atoms with Crippen LogP contribution in [-0.2, 0) is 9.53 Å². The van der Waals surface area contributed by atoms with Gasteiger partial charge >= 0.3 is 6.03 Å². The summed E-state index contributed by atoms with van der Waals surface area (Å²) in [4.78, 5) is 25.7. The van der Waals surface area contributed by atoms with E-state index in [1.165, 1.54) is 0 Å². The first kappa shape index (κ1) is 15.6. The Balaban J connectivity index is 1.83. The van der Waals surface area contributed by atoms with Crippen LogP contribution in [0.2, 0.25) is 5.02 Å². The van der Waals surface area contributed by atoms with Crippen molar-refractivity contribution < 1.29 is 14.3 Å². The lowest BCUT2D eigenvalue weighted by Gasteiger charge is -2.29. The Bertz CT molecular complexity index is 501. The first-order chi connectivity index (χ1) is 10.1. The molecule has 0 aromatic heterocycles. The number of amides is 3. The molecule has 0 unspecified atom stereocenters. The number of nitrogens with zero attached hydrogens (tertiary/aromatic N) is 1. The molecule has 114 valence electrons. The maximum atomic E-state index is 12.1. The van der Waals surface area contributed by atoms with Gasteiger partial charge in [0.15, 0.2) is 0 Å². The van der Waals surface area contributed by atoms with E-state index in [-0.39, 0.29) is 5.91 Å². The highest BCUT2D eigenvalue weighted by Crippen LogP contribution is 2.13. The Morgan fingerprint density at radius 2 is 1.86 bits per heavy atom. The quantitative estimate of drug-likeness (QED) is 0.892. The number of anilines is 1. The lowest BCUT2D eigenvalue weighted by Crippen LogP contribution is -2.51. The first-order valence-corrected chi connectivity index (χ1v) is 7.13. The summed E-state index contributed by atoms with van der Waals surface area (Å²) in [5, 5.41) is 5.87. The SMILES string of the molecule is C[C@H](NC(=O)Nc1ccc(Cl)cc1)C(=O)N1CCOCC1. The second-order valence-corrected chi connectivity index (χ2v) is 5.20. The second kappa shape index (κ2) is 7.28. The van der Waals surface area contributed by atoms with E-state index in [1.54, 1.807) is 36.1 Å². The van der Waals surface area contributed by atoms with Crippen LogP contribution in [0.4, 0.5) is 10.5 Å². The van der Waals surface area contributed by atoms with E-state index in [0.717, 1.165) is 0 Å². The summed E-state index contributed by atoms with van der Waals surface area (Å²) in [5.74, 6) is -0.107. The molecular weight excluding hydrogens is 294 g/mol. The summed E-state index contributed by atoms with van der Waals surface area (Å²) in [7, 11) is 0. The molecule has 1 aliphatic rings. The molecule has 1 atom stereocenters. The molecule has 1 aliphatic heterocycles. The van der Waals surface area contributed by atoms with Crippen LogP contribution in [0, 0.1) is 0 Å². The van der Waals surface area contributed by atoms with Crippen molar-refractivity contribution >= 4 is 29.2 Å². The molecule has 1 heterocycles. The predicted octanol–water partition coefficient (Wildman–Crippen LogP) is 1.71. The van der Waals surface area contributed by atoms with Gasteiger partial charge in [0.25, 0.3) is 0 Å². The van der Waals surface area contributed by atoms with Gasteiger partial charge in [-0.2, -0.15) is 0 Å². The highest BCUT2D eigenvalue weighted by Gasteiger charge is 2.23. The Morgan fingerprint density at radius 1 is 1.24 bits per heavy atom. The number of rotatable bonds is 3. The molecule has 1 saturated heterocycles. The van der Waals surface area contributed by atoms with Crippen LogP contribution in [0.25, 0.3) is 0 Å². The summed E-state index contributed by atoms with van der Waals surface area (Å²) in [6.45, 7) is 3.86. The Morgan fingerprint density at radius 3 is 2.48 bits per heavy atom. The number of carbonyl (C=O) groups excluding carboxylic acids is 2. The molecule has 0 radical (unpaired) electrons. The second-order valence-electron chi connectivity index (χ2n) is 4.76. The molecule has 1 aromatic rings. The molecule has 6 nitrogen and oxygen atoms in total. The van der Waals surface area contributed by atoms with Crippen molar-refractivity contribution in [3.63, 3.8) is 0 Å². The topological polar surface area (TPSA) is 70.7 Å². The fraction of sp³-hybridized carbons (Fsp3) is 0.429. The number of ether oxygens (including phenoxy) is 1. The van der Waals surface area contributed by atoms with Crippen molar-refractivity contribution in [3.8, 4) is 0 Å². The number of morpholine rings is 1. The molecular formula is C14H18ClN3O3. The Kier molecular flexibility index (Phi) is 5.41. The minimum atomic E-state index is -0.588. The van der Waals surface area contributed by atoms with E-state index in [1.807, 2.05) is 0 Å². The average molecular weight is 312 g/mol. The van der Waals surface area contributed by atoms with Crippen molar-refractivity contribution in [3.05, 3.63) is 29.3 Å². The van der Waals surface area contributed by atoms with Crippen molar-refractivity contribution in [2.75, 3.05) is 31.6 Å². The van der Waals surface area contributed by atoms with Crippen LogP contribution in [0.15, 0.2) is 24.3 Å². The number of carbonyl (C=O) groups is 2. The maximum absolute atomic E-state index is 12.1. The predicted molar refractivity (Wildman–Crippen MR) is 80.5 cm³/mol. The van der Waals surface area contributed by atoms with Gasteiger partial charge in [0.2, 0.25) is 5.91 Å². The number of benzene rings is 1. The van der Waals surface area contributed by atoms with Crippen LogP contribution in [-0.4, -0.2) is 49.2 Å². The maximum Gasteiger partial charge on any atom is 0.319 e. The number of urea groups is 1. The number of nitrogens with one attached hydrogen (secondary N) is 2. The first-order valence-electron chi connectivity index (χ1n) is 6.76. The summed E-state index contributed by atoms with van der Waals surface area (Å²) < 4.78 is 5.19. The third-order valence-corrected chi connectivity index (χ3v) is 3.39. The molecule has 21 heavy (non-hydrogen) atoms. The molecule has 7 heteroatoms. The van der Waals surface area contributed by atoms with Crippen molar-refractivity contribution in [2.24, 2.45) is 0 Å².